The average Bonchev–Trinajstić information content (AvgIpc) is 3.55. The smallest absolute Gasteiger partial charge is 0.144 e. The Morgan fingerprint density at radius 2 is 1.47 bits per heavy atom. The highest BCUT2D eigenvalue weighted by molar-refractivity contribution is 6.04. The Morgan fingerprint density at radius 3 is 2.19 bits per heavy atom. The van der Waals surface area contributed by atoms with Gasteiger partial charge in [0.05, 0.1) is 28.7 Å². The molecule has 3 aromatic rings. The van der Waals surface area contributed by atoms with Crippen LogP contribution in [0.4, 0.5) is 0 Å². The molecule has 0 fully saturated rings. The van der Waals surface area contributed by atoms with Crippen molar-refractivity contribution in [3.63, 3.8) is 0 Å². The van der Waals surface area contributed by atoms with Gasteiger partial charge in [-0.05, 0) is 85.2 Å². The second kappa shape index (κ2) is 7.31. The van der Waals surface area contributed by atoms with Crippen LogP contribution in [0.15, 0.2) is 60.7 Å². The van der Waals surface area contributed by atoms with E-state index in [-0.39, 0.29) is 11.7 Å². The summed E-state index contributed by atoms with van der Waals surface area (Å²) in [6.45, 7) is 2.06. The van der Waals surface area contributed by atoms with Crippen molar-refractivity contribution in [3.8, 4) is 0 Å². The number of nitrogens with one attached hydrogen (secondary N) is 2. The van der Waals surface area contributed by atoms with Gasteiger partial charge in [-0.25, -0.2) is 9.97 Å². The molecule has 0 saturated carbocycles. The summed E-state index contributed by atoms with van der Waals surface area (Å²) in [4.78, 5) is 29.3. The van der Waals surface area contributed by atoms with E-state index < -0.39 is 0 Å². The molecule has 0 aromatic carbocycles. The number of allylic oxidation sites excluding steroid dienone is 4. The minimum atomic E-state index is -0.249. The Labute approximate surface area is 185 Å². The van der Waals surface area contributed by atoms with Gasteiger partial charge in [0.2, 0.25) is 0 Å². The largest absolute Gasteiger partial charge is 0.355 e. The van der Waals surface area contributed by atoms with Crippen molar-refractivity contribution >= 4 is 51.1 Å². The summed E-state index contributed by atoms with van der Waals surface area (Å²) in [5.41, 5.74) is 9.42. The Morgan fingerprint density at radius 1 is 0.812 bits per heavy atom. The summed E-state index contributed by atoms with van der Waals surface area (Å²) < 4.78 is 0. The topological polar surface area (TPSA) is 74.4 Å². The summed E-state index contributed by atoms with van der Waals surface area (Å²) >= 11 is 0. The van der Waals surface area contributed by atoms with Crippen molar-refractivity contribution in [2.24, 2.45) is 5.92 Å². The minimum Gasteiger partial charge on any atom is -0.355 e. The summed E-state index contributed by atoms with van der Waals surface area (Å²) in [5, 5.41) is 0. The van der Waals surface area contributed by atoms with Crippen LogP contribution in [0.3, 0.4) is 0 Å². The summed E-state index contributed by atoms with van der Waals surface area (Å²) in [7, 11) is 0. The third-order valence-corrected chi connectivity index (χ3v) is 6.19. The molecular formula is C27H22N4O. The lowest BCUT2D eigenvalue weighted by Gasteiger charge is -2.17. The van der Waals surface area contributed by atoms with Crippen LogP contribution >= 0.6 is 0 Å². The van der Waals surface area contributed by atoms with Crippen molar-refractivity contribution in [2.75, 3.05) is 0 Å². The first-order chi connectivity index (χ1) is 15.6. The number of fused-ring (bicyclic) bond motifs is 8. The molecule has 0 spiro atoms. The molecule has 0 radical (unpaired) electrons. The average molecular weight is 419 g/mol. The number of aromatic nitrogens is 4. The van der Waals surface area contributed by atoms with Gasteiger partial charge in [0, 0.05) is 28.5 Å². The van der Waals surface area contributed by atoms with E-state index in [1.165, 1.54) is 0 Å². The number of rotatable bonds is 1. The lowest BCUT2D eigenvalue weighted by Crippen LogP contribution is -2.16. The molecule has 3 aliphatic rings. The van der Waals surface area contributed by atoms with Gasteiger partial charge in [-0.2, -0.15) is 0 Å². The molecule has 5 heterocycles. The van der Waals surface area contributed by atoms with Crippen LogP contribution in [0.1, 0.15) is 42.5 Å². The Hall–Kier alpha value is -3.99. The first-order valence-corrected chi connectivity index (χ1v) is 10.9. The first-order valence-electron chi connectivity index (χ1n) is 10.9. The summed E-state index contributed by atoms with van der Waals surface area (Å²) in [6.07, 6.45) is 9.53. The maximum absolute atomic E-state index is 12.8. The fourth-order valence-electron chi connectivity index (χ4n) is 4.59. The molecular weight excluding hydrogens is 396 g/mol. The second-order valence-corrected chi connectivity index (χ2v) is 8.44. The molecule has 0 saturated heterocycles. The zero-order chi connectivity index (χ0) is 21.7. The molecule has 1 unspecified atom stereocenters. The van der Waals surface area contributed by atoms with E-state index in [4.69, 9.17) is 9.97 Å². The van der Waals surface area contributed by atoms with Crippen molar-refractivity contribution < 1.29 is 4.79 Å². The normalized spacial score (nSPS) is 17.9. The van der Waals surface area contributed by atoms with E-state index in [1.807, 2.05) is 54.6 Å². The standard InChI is InChI=1S/C27H22N4O/c1-16-24-14-21-10-8-19(29-21)12-17-6-7-18(28-17)13-20-9-11-22(30-20)15-25(31-24)27(16)23-4-2-3-5-26(23)32/h2,4,6-15,23,28,30H,3,5H2,1H3. The molecule has 5 nitrogen and oxygen atoms in total. The van der Waals surface area contributed by atoms with E-state index in [0.29, 0.717) is 6.42 Å². The fraction of sp³-hybridized carbons (Fsp3) is 0.148. The molecule has 1 aliphatic carbocycles. The van der Waals surface area contributed by atoms with Crippen LogP contribution in [-0.2, 0) is 4.79 Å². The molecule has 2 N–H and O–H groups in total. The van der Waals surface area contributed by atoms with Gasteiger partial charge in [-0.15, -0.1) is 0 Å². The first kappa shape index (κ1) is 18.8. The Kier molecular flexibility index (Phi) is 4.28. The van der Waals surface area contributed by atoms with Crippen molar-refractivity contribution in [3.05, 3.63) is 83.5 Å². The van der Waals surface area contributed by atoms with Crippen molar-refractivity contribution in [1.82, 2.24) is 19.9 Å². The lowest BCUT2D eigenvalue weighted by molar-refractivity contribution is -0.120. The molecule has 1 atom stereocenters. The molecule has 32 heavy (non-hydrogen) atoms. The zero-order valence-corrected chi connectivity index (χ0v) is 17.7. The van der Waals surface area contributed by atoms with E-state index in [9.17, 15) is 4.79 Å². The van der Waals surface area contributed by atoms with Gasteiger partial charge in [-0.1, -0.05) is 12.2 Å². The summed E-state index contributed by atoms with van der Waals surface area (Å²) in [5.74, 6) is 0.00232. The van der Waals surface area contributed by atoms with Gasteiger partial charge in [0.1, 0.15) is 5.78 Å². The number of aromatic amines is 2. The minimum absolute atomic E-state index is 0.249. The van der Waals surface area contributed by atoms with Gasteiger partial charge in [0.15, 0.2) is 0 Å². The zero-order valence-electron chi connectivity index (χ0n) is 17.7. The van der Waals surface area contributed by atoms with Gasteiger partial charge < -0.3 is 9.97 Å². The third-order valence-electron chi connectivity index (χ3n) is 6.19. The number of hydrogen-bond donors (Lipinski definition) is 2. The second-order valence-electron chi connectivity index (χ2n) is 8.44. The van der Waals surface area contributed by atoms with E-state index >= 15 is 0 Å². The lowest BCUT2D eigenvalue weighted by atomic mass is 9.84. The predicted molar refractivity (Wildman–Crippen MR) is 129 cm³/mol. The van der Waals surface area contributed by atoms with E-state index in [1.54, 1.807) is 0 Å². The molecule has 5 heteroatoms. The SMILES string of the molecule is CC1=C(C2C=CCCC2=O)c2cc3ccc(cc4ccc(cc5nc(cc1n2)C=C5)[nH]4)[nH]3. The Balaban J connectivity index is 1.65. The highest BCUT2D eigenvalue weighted by Crippen LogP contribution is 2.38. The molecule has 156 valence electrons. The van der Waals surface area contributed by atoms with Crippen LogP contribution in [-0.4, -0.2) is 25.7 Å². The number of H-pyrrole nitrogens is 2. The van der Waals surface area contributed by atoms with Crippen molar-refractivity contribution in [1.29, 1.82) is 0 Å². The van der Waals surface area contributed by atoms with Gasteiger partial charge >= 0.3 is 0 Å². The number of carbonyl (C=O) groups excluding carboxylic acids is 1. The highest BCUT2D eigenvalue weighted by Gasteiger charge is 2.29. The third kappa shape index (κ3) is 3.32. The number of ketones is 1. The maximum atomic E-state index is 12.8. The van der Waals surface area contributed by atoms with Gasteiger partial charge in [-0.3, -0.25) is 4.79 Å². The number of carbonyl (C=O) groups is 1. The molecule has 6 rings (SSSR count). The van der Waals surface area contributed by atoms with Crippen LogP contribution in [0.2, 0.25) is 0 Å². The summed E-state index contributed by atoms with van der Waals surface area (Å²) in [6, 6.07) is 16.3. The maximum Gasteiger partial charge on any atom is 0.144 e. The Bertz CT molecular complexity index is 1510. The van der Waals surface area contributed by atoms with E-state index in [2.05, 4.69) is 35.1 Å². The molecule has 0 amide bonds. The quantitative estimate of drug-likeness (QED) is 0.375. The number of nitrogens with zero attached hydrogens (tertiary/aromatic N) is 2. The fourth-order valence-corrected chi connectivity index (χ4v) is 4.59. The van der Waals surface area contributed by atoms with E-state index in [0.717, 1.165) is 62.4 Å². The van der Waals surface area contributed by atoms with Crippen molar-refractivity contribution in [2.45, 2.75) is 19.8 Å². The van der Waals surface area contributed by atoms with Crippen LogP contribution in [0.25, 0.3) is 45.4 Å². The molecule has 3 aromatic heterocycles. The van der Waals surface area contributed by atoms with Crippen LogP contribution in [0, 0.1) is 5.92 Å². The molecule has 8 bridgehead atoms. The molecule has 2 aliphatic heterocycles. The number of Topliss-reactive ketones (excluding diaryl/α,β-unsaturated/α-hetero) is 1. The van der Waals surface area contributed by atoms with Gasteiger partial charge in [0.25, 0.3) is 0 Å². The monoisotopic (exact) mass is 418 g/mol. The predicted octanol–water partition coefficient (Wildman–Crippen LogP) is 5.95. The van der Waals surface area contributed by atoms with Crippen LogP contribution < -0.4 is 0 Å². The van der Waals surface area contributed by atoms with Crippen LogP contribution in [0.5, 0.6) is 0 Å². The highest BCUT2D eigenvalue weighted by atomic mass is 16.1. The number of hydrogen-bond acceptors (Lipinski definition) is 3.